The predicted molar refractivity (Wildman–Crippen MR) is 42.3 cm³/mol. The normalized spacial score (nSPS) is 39.5. The van der Waals surface area contributed by atoms with Crippen LogP contribution in [0.2, 0.25) is 0 Å². The lowest BCUT2D eigenvalue weighted by Crippen LogP contribution is -2.59. The maximum absolute atomic E-state index is 9.43. The maximum Gasteiger partial charge on any atom is 0.184 e. The first kappa shape index (κ1) is 9.92. The third-order valence-corrected chi connectivity index (χ3v) is 2.02. The van der Waals surface area contributed by atoms with Crippen molar-refractivity contribution in [1.82, 2.24) is 0 Å². The largest absolute Gasteiger partial charge is 0.366 e. The number of rotatable bonds is 0. The van der Waals surface area contributed by atoms with Gasteiger partial charge in [0.05, 0.1) is 0 Å². The van der Waals surface area contributed by atoms with Crippen molar-refractivity contribution in [2.75, 3.05) is 0 Å². The topological polar surface area (TPSA) is 58.9 Å². The molecule has 0 radical (unpaired) electrons. The minimum absolute atomic E-state index is 0.852. The standard InChI is InChI=1S/C8H16O4/c1-7(2)5(9)12-8(3,4)6(10)11-7/h5-6,9-10H,1-4H3. The number of aliphatic hydroxyl groups excluding tert-OH is 2. The van der Waals surface area contributed by atoms with Crippen LogP contribution >= 0.6 is 0 Å². The molecular formula is C8H16O4. The van der Waals surface area contributed by atoms with Crippen LogP contribution in [0.3, 0.4) is 0 Å². The molecule has 12 heavy (non-hydrogen) atoms. The molecule has 0 aromatic heterocycles. The van der Waals surface area contributed by atoms with Gasteiger partial charge < -0.3 is 19.7 Å². The van der Waals surface area contributed by atoms with Crippen LogP contribution in [0.1, 0.15) is 27.7 Å². The Morgan fingerprint density at radius 3 is 1.33 bits per heavy atom. The molecule has 1 fully saturated rings. The molecule has 4 nitrogen and oxygen atoms in total. The molecule has 72 valence electrons. The maximum atomic E-state index is 9.43. The summed E-state index contributed by atoms with van der Waals surface area (Å²) in [4.78, 5) is 0. The average molecular weight is 176 g/mol. The first-order valence-corrected chi connectivity index (χ1v) is 3.97. The summed E-state index contributed by atoms with van der Waals surface area (Å²) < 4.78 is 10.4. The molecule has 2 N–H and O–H groups in total. The van der Waals surface area contributed by atoms with E-state index in [1.807, 2.05) is 0 Å². The lowest BCUT2D eigenvalue weighted by molar-refractivity contribution is -0.386. The fourth-order valence-electron chi connectivity index (χ4n) is 0.976. The lowest BCUT2D eigenvalue weighted by atomic mass is 10.0. The van der Waals surface area contributed by atoms with Crippen molar-refractivity contribution in [3.05, 3.63) is 0 Å². The van der Waals surface area contributed by atoms with Gasteiger partial charge in [-0.25, -0.2) is 0 Å². The Kier molecular flexibility index (Phi) is 2.21. The van der Waals surface area contributed by atoms with Gasteiger partial charge >= 0.3 is 0 Å². The summed E-state index contributed by atoms with van der Waals surface area (Å²) >= 11 is 0. The zero-order valence-electron chi connectivity index (χ0n) is 7.87. The molecule has 1 aliphatic rings. The monoisotopic (exact) mass is 176 g/mol. The van der Waals surface area contributed by atoms with Gasteiger partial charge in [-0.1, -0.05) is 0 Å². The van der Waals surface area contributed by atoms with Crippen LogP contribution in [-0.2, 0) is 9.47 Å². The number of hydrogen-bond donors (Lipinski definition) is 2. The molecule has 0 spiro atoms. The van der Waals surface area contributed by atoms with Crippen molar-refractivity contribution in [2.24, 2.45) is 0 Å². The van der Waals surface area contributed by atoms with Crippen LogP contribution < -0.4 is 0 Å². The minimum Gasteiger partial charge on any atom is -0.366 e. The van der Waals surface area contributed by atoms with Gasteiger partial charge in [0, 0.05) is 0 Å². The predicted octanol–water partition coefficient (Wildman–Crippen LogP) is 0.227. The first-order valence-electron chi connectivity index (χ1n) is 3.97. The Balaban J connectivity index is 2.76. The van der Waals surface area contributed by atoms with E-state index in [2.05, 4.69) is 0 Å². The van der Waals surface area contributed by atoms with Crippen LogP contribution in [0.4, 0.5) is 0 Å². The van der Waals surface area contributed by atoms with Gasteiger partial charge in [0.1, 0.15) is 11.2 Å². The number of aliphatic hydroxyl groups is 2. The molecule has 4 heteroatoms. The highest BCUT2D eigenvalue weighted by Crippen LogP contribution is 2.32. The molecule has 0 bridgehead atoms. The zero-order valence-corrected chi connectivity index (χ0v) is 7.87. The summed E-state index contributed by atoms with van der Waals surface area (Å²) in [5.74, 6) is 0. The highest BCUT2D eigenvalue weighted by atomic mass is 16.7. The Morgan fingerprint density at radius 1 is 0.833 bits per heavy atom. The van der Waals surface area contributed by atoms with Gasteiger partial charge in [0.25, 0.3) is 0 Å². The average Bonchev–Trinajstić information content (AvgIpc) is 1.82. The fourth-order valence-corrected chi connectivity index (χ4v) is 0.976. The van der Waals surface area contributed by atoms with E-state index in [4.69, 9.17) is 9.47 Å². The van der Waals surface area contributed by atoms with Crippen molar-refractivity contribution < 1.29 is 19.7 Å². The van der Waals surface area contributed by atoms with Gasteiger partial charge in [0.2, 0.25) is 0 Å². The lowest BCUT2D eigenvalue weighted by Gasteiger charge is -2.46. The van der Waals surface area contributed by atoms with Crippen LogP contribution in [0, 0.1) is 0 Å². The second kappa shape index (κ2) is 2.67. The van der Waals surface area contributed by atoms with E-state index >= 15 is 0 Å². The molecule has 1 aliphatic heterocycles. The van der Waals surface area contributed by atoms with Gasteiger partial charge in [0.15, 0.2) is 12.6 Å². The summed E-state index contributed by atoms with van der Waals surface area (Å²) in [5.41, 5.74) is -1.70. The Labute approximate surface area is 72.1 Å². The summed E-state index contributed by atoms with van der Waals surface area (Å²) in [5, 5.41) is 18.9. The summed E-state index contributed by atoms with van der Waals surface area (Å²) in [6, 6.07) is 0. The van der Waals surface area contributed by atoms with E-state index in [-0.39, 0.29) is 0 Å². The minimum atomic E-state index is -1.00. The molecule has 2 atom stereocenters. The van der Waals surface area contributed by atoms with Crippen molar-refractivity contribution in [3.63, 3.8) is 0 Å². The summed E-state index contributed by atoms with van der Waals surface area (Å²) in [7, 11) is 0. The molecule has 0 aliphatic carbocycles. The SMILES string of the molecule is CC1(C)OC(O)C(C)(C)OC1O. The summed E-state index contributed by atoms with van der Waals surface area (Å²) in [6.07, 6.45) is -2.01. The van der Waals surface area contributed by atoms with Crippen LogP contribution in [0.25, 0.3) is 0 Å². The fraction of sp³-hybridized carbons (Fsp3) is 1.00. The van der Waals surface area contributed by atoms with Crippen molar-refractivity contribution in [3.8, 4) is 0 Å². The van der Waals surface area contributed by atoms with Gasteiger partial charge in [-0.3, -0.25) is 0 Å². The quantitative estimate of drug-likeness (QED) is 0.554. The van der Waals surface area contributed by atoms with Gasteiger partial charge in [-0.05, 0) is 27.7 Å². The van der Waals surface area contributed by atoms with E-state index in [1.54, 1.807) is 27.7 Å². The Morgan fingerprint density at radius 2 is 1.08 bits per heavy atom. The first-order chi connectivity index (χ1) is 5.26. The van der Waals surface area contributed by atoms with Crippen molar-refractivity contribution >= 4 is 0 Å². The third kappa shape index (κ3) is 1.61. The molecule has 0 amide bonds. The molecule has 2 unspecified atom stereocenters. The molecule has 1 heterocycles. The van der Waals surface area contributed by atoms with Crippen LogP contribution in [0.5, 0.6) is 0 Å². The smallest absolute Gasteiger partial charge is 0.184 e. The zero-order chi connectivity index (χ0) is 9.57. The van der Waals surface area contributed by atoms with Gasteiger partial charge in [-0.2, -0.15) is 0 Å². The molecule has 1 rings (SSSR count). The molecule has 0 aromatic rings. The Hall–Kier alpha value is -0.160. The highest BCUT2D eigenvalue weighted by Gasteiger charge is 2.46. The van der Waals surface area contributed by atoms with E-state index in [0.29, 0.717) is 0 Å². The van der Waals surface area contributed by atoms with Crippen molar-refractivity contribution in [2.45, 2.75) is 51.5 Å². The molecular weight excluding hydrogens is 160 g/mol. The molecule has 1 saturated heterocycles. The van der Waals surface area contributed by atoms with Gasteiger partial charge in [-0.15, -0.1) is 0 Å². The number of hydrogen-bond acceptors (Lipinski definition) is 4. The van der Waals surface area contributed by atoms with E-state index < -0.39 is 23.8 Å². The van der Waals surface area contributed by atoms with E-state index in [9.17, 15) is 10.2 Å². The molecule has 0 saturated carbocycles. The van der Waals surface area contributed by atoms with E-state index in [1.165, 1.54) is 0 Å². The number of ether oxygens (including phenoxy) is 2. The van der Waals surface area contributed by atoms with Crippen LogP contribution in [-0.4, -0.2) is 34.0 Å². The highest BCUT2D eigenvalue weighted by molar-refractivity contribution is 4.85. The van der Waals surface area contributed by atoms with Crippen LogP contribution in [0.15, 0.2) is 0 Å². The Bertz CT molecular complexity index is 156. The second-order valence-electron chi connectivity index (χ2n) is 4.15. The molecule has 0 aromatic carbocycles. The second-order valence-corrected chi connectivity index (χ2v) is 4.15. The third-order valence-electron chi connectivity index (χ3n) is 2.02. The van der Waals surface area contributed by atoms with Crippen molar-refractivity contribution in [1.29, 1.82) is 0 Å². The summed E-state index contributed by atoms with van der Waals surface area (Å²) in [6.45, 7) is 6.65. The van der Waals surface area contributed by atoms with E-state index in [0.717, 1.165) is 0 Å².